The van der Waals surface area contributed by atoms with Crippen molar-refractivity contribution < 1.29 is 9.53 Å². The highest BCUT2D eigenvalue weighted by Gasteiger charge is 2.12. The predicted octanol–water partition coefficient (Wildman–Crippen LogP) is 3.66. The number of carbonyl (C=O) groups excluding carboxylic acids is 1. The monoisotopic (exact) mass is 289 g/mol. The van der Waals surface area contributed by atoms with Crippen LogP contribution in [0.2, 0.25) is 5.02 Å². The summed E-state index contributed by atoms with van der Waals surface area (Å²) in [5.41, 5.74) is 8.77. The summed E-state index contributed by atoms with van der Waals surface area (Å²) >= 11 is 5.96. The first-order chi connectivity index (χ1) is 9.51. The molecule has 4 heteroatoms. The highest BCUT2D eigenvalue weighted by atomic mass is 35.5. The first-order valence-electron chi connectivity index (χ1n) is 6.23. The van der Waals surface area contributed by atoms with Crippen molar-refractivity contribution in [3.8, 4) is 5.75 Å². The second kappa shape index (κ2) is 5.97. The van der Waals surface area contributed by atoms with Crippen LogP contribution < -0.4 is 10.5 Å². The van der Waals surface area contributed by atoms with Gasteiger partial charge in [0.25, 0.3) is 0 Å². The average molecular weight is 290 g/mol. The molecular formula is C16H16ClNO2. The molecular weight excluding hydrogens is 274 g/mol. The lowest BCUT2D eigenvalue weighted by molar-refractivity contribution is 0.0992. The van der Waals surface area contributed by atoms with Crippen LogP contribution in [-0.4, -0.2) is 12.9 Å². The van der Waals surface area contributed by atoms with Crippen LogP contribution in [-0.2, 0) is 6.42 Å². The van der Waals surface area contributed by atoms with E-state index in [-0.39, 0.29) is 12.2 Å². The van der Waals surface area contributed by atoms with Gasteiger partial charge in [-0.05, 0) is 36.8 Å². The minimum atomic E-state index is -0.0164. The standard InChI is InChI=1S/C16H16ClNO2/c1-10-3-4-11(8-14(10)18)15(19)9-12-7-13(17)5-6-16(12)20-2/h3-8H,9,18H2,1-2H3. The maximum Gasteiger partial charge on any atom is 0.167 e. The third-order valence-corrected chi connectivity index (χ3v) is 3.43. The fraction of sp³-hybridized carbons (Fsp3) is 0.188. The van der Waals surface area contributed by atoms with E-state index in [1.54, 1.807) is 37.4 Å². The molecule has 2 rings (SSSR count). The van der Waals surface area contributed by atoms with Gasteiger partial charge in [-0.25, -0.2) is 0 Å². The quantitative estimate of drug-likeness (QED) is 0.690. The molecule has 0 heterocycles. The van der Waals surface area contributed by atoms with Crippen molar-refractivity contribution in [2.75, 3.05) is 12.8 Å². The van der Waals surface area contributed by atoms with Gasteiger partial charge < -0.3 is 10.5 Å². The molecule has 0 amide bonds. The van der Waals surface area contributed by atoms with Crippen molar-refractivity contribution in [2.45, 2.75) is 13.3 Å². The Bertz CT molecular complexity index is 653. The van der Waals surface area contributed by atoms with Gasteiger partial charge >= 0.3 is 0 Å². The molecule has 0 atom stereocenters. The maximum atomic E-state index is 12.3. The van der Waals surface area contributed by atoms with E-state index in [1.165, 1.54) is 0 Å². The molecule has 0 aliphatic carbocycles. The first kappa shape index (κ1) is 14.4. The Labute approximate surface area is 123 Å². The smallest absolute Gasteiger partial charge is 0.167 e. The molecule has 0 saturated heterocycles. The second-order valence-electron chi connectivity index (χ2n) is 4.63. The van der Waals surface area contributed by atoms with E-state index in [4.69, 9.17) is 22.1 Å². The van der Waals surface area contributed by atoms with E-state index in [1.807, 2.05) is 13.0 Å². The van der Waals surface area contributed by atoms with Crippen LogP contribution in [0.25, 0.3) is 0 Å². The van der Waals surface area contributed by atoms with Crippen LogP contribution in [0.1, 0.15) is 21.5 Å². The molecule has 2 N–H and O–H groups in total. The van der Waals surface area contributed by atoms with E-state index < -0.39 is 0 Å². The number of nitrogen functional groups attached to an aromatic ring is 1. The number of anilines is 1. The summed E-state index contributed by atoms with van der Waals surface area (Å²) < 4.78 is 5.24. The van der Waals surface area contributed by atoms with Gasteiger partial charge in [0.15, 0.2) is 5.78 Å². The van der Waals surface area contributed by atoms with E-state index in [2.05, 4.69) is 0 Å². The Hall–Kier alpha value is -2.00. The third-order valence-electron chi connectivity index (χ3n) is 3.19. The van der Waals surface area contributed by atoms with Gasteiger partial charge in [0.1, 0.15) is 5.75 Å². The molecule has 20 heavy (non-hydrogen) atoms. The van der Waals surface area contributed by atoms with Crippen molar-refractivity contribution in [1.82, 2.24) is 0 Å². The number of benzene rings is 2. The third kappa shape index (κ3) is 3.11. The van der Waals surface area contributed by atoms with Gasteiger partial charge in [0.2, 0.25) is 0 Å². The van der Waals surface area contributed by atoms with Crippen LogP contribution in [0.4, 0.5) is 5.69 Å². The summed E-state index contributed by atoms with van der Waals surface area (Å²) in [4.78, 5) is 12.3. The Morgan fingerprint density at radius 3 is 2.65 bits per heavy atom. The minimum absolute atomic E-state index is 0.0164. The lowest BCUT2D eigenvalue weighted by atomic mass is 10.0. The van der Waals surface area contributed by atoms with E-state index >= 15 is 0 Å². The van der Waals surface area contributed by atoms with E-state index in [9.17, 15) is 4.79 Å². The number of nitrogens with two attached hydrogens (primary N) is 1. The fourth-order valence-electron chi connectivity index (χ4n) is 1.97. The normalized spacial score (nSPS) is 10.3. The van der Waals surface area contributed by atoms with Crippen molar-refractivity contribution >= 4 is 23.1 Å². The Morgan fingerprint density at radius 1 is 1.25 bits per heavy atom. The second-order valence-corrected chi connectivity index (χ2v) is 5.06. The lowest BCUT2D eigenvalue weighted by Gasteiger charge is -2.09. The molecule has 0 bridgehead atoms. The summed E-state index contributed by atoms with van der Waals surface area (Å²) in [7, 11) is 1.57. The van der Waals surface area contributed by atoms with Gasteiger partial charge in [-0.1, -0.05) is 23.7 Å². The number of halogens is 1. The average Bonchev–Trinajstić information content (AvgIpc) is 2.42. The van der Waals surface area contributed by atoms with Gasteiger partial charge in [-0.3, -0.25) is 4.79 Å². The van der Waals surface area contributed by atoms with E-state index in [0.717, 1.165) is 11.1 Å². The number of ether oxygens (including phenoxy) is 1. The van der Waals surface area contributed by atoms with Crippen LogP contribution in [0.5, 0.6) is 5.75 Å². The van der Waals surface area contributed by atoms with Gasteiger partial charge in [-0.15, -0.1) is 0 Å². The predicted molar refractivity (Wildman–Crippen MR) is 81.6 cm³/mol. The summed E-state index contributed by atoms with van der Waals surface area (Å²) in [6, 6.07) is 10.6. The fourth-order valence-corrected chi connectivity index (χ4v) is 2.17. The maximum absolute atomic E-state index is 12.3. The number of methoxy groups -OCH3 is 1. The molecule has 0 radical (unpaired) electrons. The number of carbonyl (C=O) groups is 1. The molecule has 2 aromatic carbocycles. The topological polar surface area (TPSA) is 52.3 Å². The van der Waals surface area contributed by atoms with Crippen molar-refractivity contribution in [3.05, 3.63) is 58.1 Å². The molecule has 104 valence electrons. The molecule has 0 aliphatic heterocycles. The van der Waals surface area contributed by atoms with Crippen LogP contribution in [0.15, 0.2) is 36.4 Å². The minimum Gasteiger partial charge on any atom is -0.496 e. The molecule has 0 saturated carbocycles. The zero-order valence-corrected chi connectivity index (χ0v) is 12.2. The number of Topliss-reactive ketones (excluding diaryl/α,β-unsaturated/α-hetero) is 1. The van der Waals surface area contributed by atoms with Crippen molar-refractivity contribution in [2.24, 2.45) is 0 Å². The Balaban J connectivity index is 2.27. The van der Waals surface area contributed by atoms with Gasteiger partial charge in [-0.2, -0.15) is 0 Å². The van der Waals surface area contributed by atoms with Gasteiger partial charge in [0.05, 0.1) is 7.11 Å². The molecule has 0 unspecified atom stereocenters. The van der Waals surface area contributed by atoms with Crippen LogP contribution >= 0.6 is 11.6 Å². The summed E-state index contributed by atoms with van der Waals surface area (Å²) in [5.74, 6) is 0.639. The van der Waals surface area contributed by atoms with Crippen molar-refractivity contribution in [3.63, 3.8) is 0 Å². The number of hydrogen-bond donors (Lipinski definition) is 1. The zero-order valence-electron chi connectivity index (χ0n) is 11.4. The summed E-state index contributed by atoms with van der Waals surface area (Å²) in [5, 5.41) is 0.581. The molecule has 0 aliphatic rings. The Morgan fingerprint density at radius 2 is 2.00 bits per heavy atom. The highest BCUT2D eigenvalue weighted by Crippen LogP contribution is 2.24. The first-order valence-corrected chi connectivity index (χ1v) is 6.61. The SMILES string of the molecule is COc1ccc(Cl)cc1CC(=O)c1ccc(C)c(N)c1. The summed E-state index contributed by atoms with van der Waals surface area (Å²) in [6.45, 7) is 1.91. The number of rotatable bonds is 4. The number of hydrogen-bond acceptors (Lipinski definition) is 3. The Kier molecular flexibility index (Phi) is 4.30. The molecule has 0 aromatic heterocycles. The van der Waals surface area contributed by atoms with Gasteiger partial charge in [0, 0.05) is 28.3 Å². The molecule has 2 aromatic rings. The van der Waals surface area contributed by atoms with Crippen LogP contribution in [0.3, 0.4) is 0 Å². The summed E-state index contributed by atoms with van der Waals surface area (Å²) in [6.07, 6.45) is 0.228. The zero-order chi connectivity index (χ0) is 14.7. The number of ketones is 1. The van der Waals surface area contributed by atoms with E-state index in [0.29, 0.717) is 22.0 Å². The molecule has 3 nitrogen and oxygen atoms in total. The highest BCUT2D eigenvalue weighted by molar-refractivity contribution is 6.30. The van der Waals surface area contributed by atoms with Crippen LogP contribution in [0, 0.1) is 6.92 Å². The van der Waals surface area contributed by atoms with Crippen molar-refractivity contribution in [1.29, 1.82) is 0 Å². The number of aryl methyl sites for hydroxylation is 1. The molecule has 0 spiro atoms. The molecule has 0 fully saturated rings. The largest absolute Gasteiger partial charge is 0.496 e. The lowest BCUT2D eigenvalue weighted by Crippen LogP contribution is -2.06.